The number of piperidine rings is 1. The standard InChI is InChI=1S/C19H31N3O.2ClH/c1-22(18-7-3-2-4-8-18)16-6-5-13-21-19(23)10-9-17-11-14-20-15-12-17;;/h2-4,7-8,17,20H,5-6,9-16H2,1H3,(H,21,23);2*1H. The zero-order valence-corrected chi connectivity index (χ0v) is 16.8. The Hall–Kier alpha value is -0.970. The number of nitrogens with one attached hydrogen (secondary N) is 2. The molecule has 1 heterocycles. The first-order chi connectivity index (χ1) is 11.3. The Kier molecular flexibility index (Phi) is 13.7. The van der Waals surface area contributed by atoms with Crippen LogP contribution in [0.25, 0.3) is 0 Å². The van der Waals surface area contributed by atoms with E-state index in [1.807, 2.05) is 6.07 Å². The maximum absolute atomic E-state index is 11.9. The minimum atomic E-state index is 0. The summed E-state index contributed by atoms with van der Waals surface area (Å²) >= 11 is 0. The molecule has 2 N–H and O–H groups in total. The fourth-order valence-corrected chi connectivity index (χ4v) is 3.11. The average Bonchev–Trinajstić information content (AvgIpc) is 2.61. The Morgan fingerprint density at radius 2 is 1.84 bits per heavy atom. The molecule has 0 spiro atoms. The van der Waals surface area contributed by atoms with E-state index in [2.05, 4.69) is 46.8 Å². The van der Waals surface area contributed by atoms with Gasteiger partial charge in [0.15, 0.2) is 0 Å². The Morgan fingerprint density at radius 1 is 1.16 bits per heavy atom. The highest BCUT2D eigenvalue weighted by atomic mass is 35.5. The van der Waals surface area contributed by atoms with Crippen LogP contribution in [0.15, 0.2) is 30.3 Å². The number of carbonyl (C=O) groups is 1. The number of rotatable bonds is 9. The molecule has 2 rings (SSSR count). The van der Waals surface area contributed by atoms with Crippen LogP contribution in [0.3, 0.4) is 0 Å². The number of unbranched alkanes of at least 4 members (excludes halogenated alkanes) is 1. The maximum Gasteiger partial charge on any atom is 0.220 e. The number of benzene rings is 1. The molecule has 0 aromatic heterocycles. The Bertz CT molecular complexity index is 453. The van der Waals surface area contributed by atoms with Gasteiger partial charge in [0.05, 0.1) is 0 Å². The van der Waals surface area contributed by atoms with Gasteiger partial charge < -0.3 is 15.5 Å². The van der Waals surface area contributed by atoms with Crippen LogP contribution in [-0.2, 0) is 4.79 Å². The van der Waals surface area contributed by atoms with Crippen molar-refractivity contribution in [2.24, 2.45) is 5.92 Å². The third-order valence-electron chi connectivity index (χ3n) is 4.68. The molecule has 1 aliphatic heterocycles. The molecule has 0 unspecified atom stereocenters. The molecule has 1 amide bonds. The van der Waals surface area contributed by atoms with E-state index < -0.39 is 0 Å². The van der Waals surface area contributed by atoms with Crippen molar-refractivity contribution in [3.8, 4) is 0 Å². The predicted molar refractivity (Wildman–Crippen MR) is 111 cm³/mol. The lowest BCUT2D eigenvalue weighted by Crippen LogP contribution is -2.30. The summed E-state index contributed by atoms with van der Waals surface area (Å²) in [6.07, 6.45) is 6.31. The van der Waals surface area contributed by atoms with Gasteiger partial charge in [-0.25, -0.2) is 0 Å². The Balaban J connectivity index is 0.00000288. The van der Waals surface area contributed by atoms with Crippen LogP contribution in [0.2, 0.25) is 0 Å². The largest absolute Gasteiger partial charge is 0.375 e. The SMILES string of the molecule is CN(CCCCNC(=O)CCC1CCNCC1)c1ccccc1.Cl.Cl. The van der Waals surface area contributed by atoms with Crippen LogP contribution in [0.5, 0.6) is 0 Å². The predicted octanol–water partition coefficient (Wildman–Crippen LogP) is 3.64. The first-order valence-electron chi connectivity index (χ1n) is 8.99. The molecule has 1 fully saturated rings. The minimum Gasteiger partial charge on any atom is -0.375 e. The lowest BCUT2D eigenvalue weighted by atomic mass is 9.93. The fourth-order valence-electron chi connectivity index (χ4n) is 3.11. The second-order valence-corrected chi connectivity index (χ2v) is 6.55. The molecular formula is C19H33Cl2N3O. The van der Waals surface area contributed by atoms with E-state index in [-0.39, 0.29) is 30.7 Å². The summed E-state index contributed by atoms with van der Waals surface area (Å²) in [5.41, 5.74) is 1.25. The first-order valence-corrected chi connectivity index (χ1v) is 8.99. The number of para-hydroxylation sites is 1. The normalized spacial score (nSPS) is 14.1. The van der Waals surface area contributed by atoms with Gasteiger partial charge in [0.2, 0.25) is 5.91 Å². The van der Waals surface area contributed by atoms with Crippen LogP contribution >= 0.6 is 24.8 Å². The van der Waals surface area contributed by atoms with Crippen molar-refractivity contribution in [2.45, 2.75) is 38.5 Å². The monoisotopic (exact) mass is 389 g/mol. The lowest BCUT2D eigenvalue weighted by Gasteiger charge is -2.22. The quantitative estimate of drug-likeness (QED) is 0.633. The van der Waals surface area contributed by atoms with Crippen LogP contribution in [0.1, 0.15) is 38.5 Å². The van der Waals surface area contributed by atoms with Gasteiger partial charge in [0.1, 0.15) is 0 Å². The average molecular weight is 390 g/mol. The minimum absolute atomic E-state index is 0. The molecule has 144 valence electrons. The number of anilines is 1. The summed E-state index contributed by atoms with van der Waals surface area (Å²) in [5, 5.41) is 6.43. The molecule has 1 aromatic rings. The number of amides is 1. The number of hydrogen-bond donors (Lipinski definition) is 2. The molecule has 0 bridgehead atoms. The van der Waals surface area contributed by atoms with Gasteiger partial charge in [0, 0.05) is 32.2 Å². The van der Waals surface area contributed by atoms with E-state index in [0.717, 1.165) is 51.4 Å². The summed E-state index contributed by atoms with van der Waals surface area (Å²) in [4.78, 5) is 14.1. The van der Waals surface area contributed by atoms with E-state index in [1.54, 1.807) is 0 Å². The van der Waals surface area contributed by atoms with E-state index >= 15 is 0 Å². The third kappa shape index (κ3) is 9.93. The van der Waals surface area contributed by atoms with Crippen LogP contribution < -0.4 is 15.5 Å². The number of halogens is 2. The van der Waals surface area contributed by atoms with E-state index in [4.69, 9.17) is 0 Å². The molecule has 1 aromatic carbocycles. The summed E-state index contributed by atoms with van der Waals surface area (Å²) in [7, 11) is 2.12. The van der Waals surface area contributed by atoms with E-state index in [1.165, 1.54) is 18.5 Å². The van der Waals surface area contributed by atoms with E-state index in [9.17, 15) is 4.79 Å². The molecule has 4 nitrogen and oxygen atoms in total. The van der Waals surface area contributed by atoms with Crippen molar-refractivity contribution in [3.05, 3.63) is 30.3 Å². The summed E-state index contributed by atoms with van der Waals surface area (Å²) in [6.45, 7) is 4.05. The van der Waals surface area contributed by atoms with E-state index in [0.29, 0.717) is 6.42 Å². The number of carbonyl (C=O) groups excluding carboxylic acids is 1. The molecule has 0 atom stereocenters. The molecule has 1 saturated heterocycles. The summed E-state index contributed by atoms with van der Waals surface area (Å²) in [6, 6.07) is 10.4. The Labute approximate surface area is 164 Å². The molecule has 0 radical (unpaired) electrons. The van der Waals surface area contributed by atoms with Crippen molar-refractivity contribution in [2.75, 3.05) is 38.1 Å². The van der Waals surface area contributed by atoms with Gasteiger partial charge in [-0.05, 0) is 63.2 Å². The molecule has 0 saturated carbocycles. The first kappa shape index (κ1) is 24.0. The highest BCUT2D eigenvalue weighted by Gasteiger charge is 2.14. The smallest absolute Gasteiger partial charge is 0.220 e. The Morgan fingerprint density at radius 3 is 2.52 bits per heavy atom. The molecule has 25 heavy (non-hydrogen) atoms. The maximum atomic E-state index is 11.9. The molecule has 1 aliphatic rings. The highest BCUT2D eigenvalue weighted by Crippen LogP contribution is 2.17. The lowest BCUT2D eigenvalue weighted by molar-refractivity contribution is -0.121. The second-order valence-electron chi connectivity index (χ2n) is 6.55. The topological polar surface area (TPSA) is 44.4 Å². The zero-order chi connectivity index (χ0) is 16.3. The van der Waals surface area contributed by atoms with Crippen molar-refractivity contribution in [1.29, 1.82) is 0 Å². The number of nitrogens with zero attached hydrogens (tertiary/aromatic N) is 1. The van der Waals surface area contributed by atoms with Crippen molar-refractivity contribution < 1.29 is 4.79 Å². The third-order valence-corrected chi connectivity index (χ3v) is 4.68. The van der Waals surface area contributed by atoms with Crippen LogP contribution in [0.4, 0.5) is 5.69 Å². The second kappa shape index (κ2) is 14.2. The van der Waals surface area contributed by atoms with Crippen molar-refractivity contribution >= 4 is 36.4 Å². The van der Waals surface area contributed by atoms with Crippen LogP contribution in [-0.4, -0.2) is 39.1 Å². The van der Waals surface area contributed by atoms with Gasteiger partial charge in [-0.3, -0.25) is 4.79 Å². The van der Waals surface area contributed by atoms with Gasteiger partial charge in [0.25, 0.3) is 0 Å². The summed E-state index contributed by atoms with van der Waals surface area (Å²) in [5.74, 6) is 0.960. The highest BCUT2D eigenvalue weighted by molar-refractivity contribution is 5.85. The summed E-state index contributed by atoms with van der Waals surface area (Å²) < 4.78 is 0. The van der Waals surface area contributed by atoms with Crippen molar-refractivity contribution in [1.82, 2.24) is 10.6 Å². The van der Waals surface area contributed by atoms with Crippen molar-refractivity contribution in [3.63, 3.8) is 0 Å². The van der Waals surface area contributed by atoms with Gasteiger partial charge in [-0.15, -0.1) is 24.8 Å². The van der Waals surface area contributed by atoms with Gasteiger partial charge in [-0.1, -0.05) is 18.2 Å². The van der Waals surface area contributed by atoms with Crippen LogP contribution in [0, 0.1) is 5.92 Å². The molecule has 6 heteroatoms. The fraction of sp³-hybridized carbons (Fsp3) is 0.632. The van der Waals surface area contributed by atoms with Gasteiger partial charge in [-0.2, -0.15) is 0 Å². The zero-order valence-electron chi connectivity index (χ0n) is 15.2. The number of hydrogen-bond acceptors (Lipinski definition) is 3. The molecular weight excluding hydrogens is 357 g/mol. The molecule has 0 aliphatic carbocycles. The van der Waals surface area contributed by atoms with Gasteiger partial charge >= 0.3 is 0 Å².